The minimum Gasteiger partial charge on any atom is -0.353 e. The molecule has 3 fully saturated rings. The van der Waals surface area contributed by atoms with Gasteiger partial charge in [0, 0.05) is 31.0 Å². The molecule has 4 rings (SSSR count). The standard InChI is InChI=1S/C18H26N4O3/c1-10(2)16(24)22-8-13-6-14(20-15(23)12-4-5-12)7-18(13,9-22)17-19-11(3)21-25-17/h10,12-14H,4-9H2,1-3H3,(H,20,23)/t13?,14-,18+/m1/s1. The first-order valence-electron chi connectivity index (χ1n) is 9.29. The first-order chi connectivity index (χ1) is 11.9. The summed E-state index contributed by atoms with van der Waals surface area (Å²) in [6, 6.07) is 0.126. The van der Waals surface area contributed by atoms with E-state index in [1.807, 2.05) is 25.7 Å². The number of aryl methyl sites for hydroxylation is 1. The number of rotatable bonds is 4. The van der Waals surface area contributed by atoms with Crippen LogP contribution in [0.4, 0.5) is 0 Å². The van der Waals surface area contributed by atoms with Gasteiger partial charge in [-0.25, -0.2) is 0 Å². The number of likely N-dealkylation sites (tertiary alicyclic amines) is 1. The SMILES string of the molecule is Cc1noc([C@]23C[C@H](NC(=O)C4CC4)CC2CN(C(=O)C(C)C)C3)n1. The Hall–Kier alpha value is -1.92. The number of aromatic nitrogens is 2. The molecule has 1 aromatic rings. The highest BCUT2D eigenvalue weighted by atomic mass is 16.5. The smallest absolute Gasteiger partial charge is 0.235 e. The molecule has 25 heavy (non-hydrogen) atoms. The molecule has 136 valence electrons. The molecule has 0 spiro atoms. The number of carbonyl (C=O) groups is 2. The van der Waals surface area contributed by atoms with Gasteiger partial charge in [0.05, 0.1) is 5.41 Å². The lowest BCUT2D eigenvalue weighted by molar-refractivity contribution is -0.134. The summed E-state index contributed by atoms with van der Waals surface area (Å²) >= 11 is 0. The van der Waals surface area contributed by atoms with Crippen LogP contribution in [-0.4, -0.2) is 46.0 Å². The maximum atomic E-state index is 12.5. The molecule has 0 bridgehead atoms. The van der Waals surface area contributed by atoms with E-state index >= 15 is 0 Å². The number of nitrogens with one attached hydrogen (secondary N) is 1. The van der Waals surface area contributed by atoms with Gasteiger partial charge in [-0.05, 0) is 38.5 Å². The lowest BCUT2D eigenvalue weighted by Crippen LogP contribution is -2.40. The van der Waals surface area contributed by atoms with Gasteiger partial charge in [-0.3, -0.25) is 9.59 Å². The minimum atomic E-state index is -0.326. The van der Waals surface area contributed by atoms with E-state index in [2.05, 4.69) is 15.5 Å². The van der Waals surface area contributed by atoms with Gasteiger partial charge >= 0.3 is 0 Å². The molecule has 1 aromatic heterocycles. The van der Waals surface area contributed by atoms with Crippen LogP contribution in [0.5, 0.6) is 0 Å². The fourth-order valence-corrected chi connectivity index (χ4v) is 4.51. The Kier molecular flexibility index (Phi) is 3.85. The molecule has 3 atom stereocenters. The van der Waals surface area contributed by atoms with Crippen LogP contribution in [0.3, 0.4) is 0 Å². The number of hydrogen-bond acceptors (Lipinski definition) is 5. The maximum absolute atomic E-state index is 12.5. The molecule has 7 heteroatoms. The molecular formula is C18H26N4O3. The first-order valence-corrected chi connectivity index (χ1v) is 9.29. The molecule has 0 aromatic carbocycles. The van der Waals surface area contributed by atoms with Crippen molar-refractivity contribution in [3.05, 3.63) is 11.7 Å². The summed E-state index contributed by atoms with van der Waals surface area (Å²) in [4.78, 5) is 31.1. The zero-order valence-electron chi connectivity index (χ0n) is 15.1. The first kappa shape index (κ1) is 16.5. The Balaban J connectivity index is 1.57. The van der Waals surface area contributed by atoms with Gasteiger partial charge in [-0.15, -0.1) is 0 Å². The summed E-state index contributed by atoms with van der Waals surface area (Å²) in [5, 5.41) is 7.17. The fraction of sp³-hybridized carbons (Fsp3) is 0.778. The van der Waals surface area contributed by atoms with Gasteiger partial charge in [0.15, 0.2) is 5.82 Å². The predicted molar refractivity (Wildman–Crippen MR) is 89.5 cm³/mol. The van der Waals surface area contributed by atoms with Crippen molar-refractivity contribution in [3.63, 3.8) is 0 Å². The summed E-state index contributed by atoms with van der Waals surface area (Å²) in [5.74, 6) is 2.02. The minimum absolute atomic E-state index is 0.0225. The van der Waals surface area contributed by atoms with Gasteiger partial charge in [0.2, 0.25) is 17.7 Å². The van der Waals surface area contributed by atoms with E-state index < -0.39 is 0 Å². The molecule has 1 unspecified atom stereocenters. The molecule has 2 heterocycles. The third-order valence-electron chi connectivity index (χ3n) is 5.93. The van der Waals surface area contributed by atoms with Gasteiger partial charge < -0.3 is 14.7 Å². The largest absolute Gasteiger partial charge is 0.353 e. The Morgan fingerprint density at radius 3 is 2.72 bits per heavy atom. The van der Waals surface area contributed by atoms with Crippen molar-refractivity contribution in [2.75, 3.05) is 13.1 Å². The number of fused-ring (bicyclic) bond motifs is 1. The summed E-state index contributed by atoms with van der Waals surface area (Å²) in [7, 11) is 0. The summed E-state index contributed by atoms with van der Waals surface area (Å²) in [6.07, 6.45) is 3.64. The molecular weight excluding hydrogens is 320 g/mol. The third-order valence-corrected chi connectivity index (χ3v) is 5.93. The van der Waals surface area contributed by atoms with E-state index in [9.17, 15) is 9.59 Å². The number of nitrogens with zero attached hydrogens (tertiary/aromatic N) is 3. The monoisotopic (exact) mass is 346 g/mol. The molecule has 0 radical (unpaired) electrons. The van der Waals surface area contributed by atoms with Crippen molar-refractivity contribution in [1.82, 2.24) is 20.4 Å². The van der Waals surface area contributed by atoms with E-state index in [1.165, 1.54) is 0 Å². The molecule has 1 N–H and O–H groups in total. The van der Waals surface area contributed by atoms with Crippen molar-refractivity contribution < 1.29 is 14.1 Å². The number of amides is 2. The van der Waals surface area contributed by atoms with Crippen LogP contribution in [0, 0.1) is 24.7 Å². The third kappa shape index (κ3) is 2.83. The molecule has 2 saturated carbocycles. The highest BCUT2D eigenvalue weighted by Gasteiger charge is 2.58. The lowest BCUT2D eigenvalue weighted by Gasteiger charge is -2.26. The molecule has 3 aliphatic rings. The van der Waals surface area contributed by atoms with Crippen molar-refractivity contribution in [1.29, 1.82) is 0 Å². The van der Waals surface area contributed by atoms with Crippen molar-refractivity contribution in [2.24, 2.45) is 17.8 Å². The Labute approximate surface area is 147 Å². The Morgan fingerprint density at radius 1 is 1.36 bits per heavy atom. The van der Waals surface area contributed by atoms with E-state index in [0.717, 1.165) is 25.7 Å². The van der Waals surface area contributed by atoms with Crippen LogP contribution in [0.2, 0.25) is 0 Å². The fourth-order valence-electron chi connectivity index (χ4n) is 4.51. The normalized spacial score (nSPS) is 31.4. The van der Waals surface area contributed by atoms with Crippen LogP contribution < -0.4 is 5.32 Å². The summed E-state index contributed by atoms with van der Waals surface area (Å²) in [6.45, 7) is 6.98. The van der Waals surface area contributed by atoms with Crippen LogP contribution in [0.25, 0.3) is 0 Å². The zero-order valence-corrected chi connectivity index (χ0v) is 15.1. The zero-order chi connectivity index (χ0) is 17.8. The van der Waals surface area contributed by atoms with Crippen LogP contribution >= 0.6 is 0 Å². The van der Waals surface area contributed by atoms with E-state index in [0.29, 0.717) is 24.8 Å². The second kappa shape index (κ2) is 5.81. The second-order valence-corrected chi connectivity index (χ2v) is 8.29. The number of hydrogen-bond donors (Lipinski definition) is 1. The van der Waals surface area contributed by atoms with Gasteiger partial charge in [-0.2, -0.15) is 4.98 Å². The predicted octanol–water partition coefficient (Wildman–Crippen LogP) is 1.42. The summed E-state index contributed by atoms with van der Waals surface area (Å²) < 4.78 is 5.54. The molecule has 2 aliphatic carbocycles. The highest BCUT2D eigenvalue weighted by Crippen LogP contribution is 2.50. The van der Waals surface area contributed by atoms with Gasteiger partial charge in [0.25, 0.3) is 0 Å². The average molecular weight is 346 g/mol. The molecule has 1 aliphatic heterocycles. The van der Waals surface area contributed by atoms with E-state index in [4.69, 9.17) is 4.52 Å². The Bertz CT molecular complexity index is 696. The lowest BCUT2D eigenvalue weighted by atomic mass is 9.80. The van der Waals surface area contributed by atoms with Gasteiger partial charge in [0.1, 0.15) is 0 Å². The molecule has 7 nitrogen and oxygen atoms in total. The molecule has 1 saturated heterocycles. The quantitative estimate of drug-likeness (QED) is 0.891. The van der Waals surface area contributed by atoms with E-state index in [-0.39, 0.29) is 41.0 Å². The Morgan fingerprint density at radius 2 is 2.12 bits per heavy atom. The van der Waals surface area contributed by atoms with Gasteiger partial charge in [-0.1, -0.05) is 19.0 Å². The van der Waals surface area contributed by atoms with E-state index in [1.54, 1.807) is 0 Å². The van der Waals surface area contributed by atoms with Crippen LogP contribution in [-0.2, 0) is 15.0 Å². The average Bonchev–Trinajstić information content (AvgIpc) is 3.10. The number of carbonyl (C=O) groups excluding carboxylic acids is 2. The second-order valence-electron chi connectivity index (χ2n) is 8.29. The molecule has 2 amide bonds. The van der Waals surface area contributed by atoms with Crippen LogP contribution in [0.15, 0.2) is 4.52 Å². The highest BCUT2D eigenvalue weighted by molar-refractivity contribution is 5.81. The van der Waals surface area contributed by atoms with Crippen LogP contribution in [0.1, 0.15) is 51.2 Å². The summed E-state index contributed by atoms with van der Waals surface area (Å²) in [5.41, 5.74) is -0.326. The maximum Gasteiger partial charge on any atom is 0.235 e. The van der Waals surface area contributed by atoms with Crippen molar-refractivity contribution in [3.8, 4) is 0 Å². The topological polar surface area (TPSA) is 88.3 Å². The van der Waals surface area contributed by atoms with Crippen molar-refractivity contribution in [2.45, 2.75) is 57.9 Å². The van der Waals surface area contributed by atoms with Crippen molar-refractivity contribution >= 4 is 11.8 Å².